The SMILES string of the molecule is COCCOc1cccc(CNC(=O)c2oc3ccccc3c2CSc2cccs2)c1. The number of ether oxygens (including phenoxy) is 2. The van der Waals surface area contributed by atoms with Gasteiger partial charge in [-0.1, -0.05) is 36.4 Å². The average Bonchev–Trinajstić information content (AvgIpc) is 3.44. The quantitative estimate of drug-likeness (QED) is 0.245. The molecule has 4 rings (SSSR count). The fraction of sp³-hybridized carbons (Fsp3) is 0.208. The van der Waals surface area contributed by atoms with Crippen LogP contribution in [0.15, 0.2) is 74.7 Å². The summed E-state index contributed by atoms with van der Waals surface area (Å²) in [5.74, 6) is 1.57. The number of carbonyl (C=O) groups excluding carboxylic acids is 1. The number of hydrogen-bond donors (Lipinski definition) is 1. The summed E-state index contributed by atoms with van der Waals surface area (Å²) < 4.78 is 17.8. The lowest BCUT2D eigenvalue weighted by Crippen LogP contribution is -2.23. The van der Waals surface area contributed by atoms with Crippen LogP contribution in [0.4, 0.5) is 0 Å². The smallest absolute Gasteiger partial charge is 0.287 e. The third-order valence-corrected chi connectivity index (χ3v) is 6.82. The Morgan fingerprint density at radius 3 is 2.84 bits per heavy atom. The van der Waals surface area contributed by atoms with E-state index in [9.17, 15) is 4.79 Å². The highest BCUT2D eigenvalue weighted by Gasteiger charge is 2.20. The Morgan fingerprint density at radius 1 is 1.10 bits per heavy atom. The molecule has 2 aromatic heterocycles. The molecule has 0 aliphatic rings. The molecule has 0 aliphatic carbocycles. The maximum atomic E-state index is 13.0. The Morgan fingerprint density at radius 2 is 2.00 bits per heavy atom. The summed E-state index contributed by atoms with van der Waals surface area (Å²) in [7, 11) is 1.64. The first-order valence-corrected chi connectivity index (χ1v) is 11.8. The lowest BCUT2D eigenvalue weighted by Gasteiger charge is -2.09. The molecule has 0 fully saturated rings. The number of carbonyl (C=O) groups is 1. The predicted molar refractivity (Wildman–Crippen MR) is 125 cm³/mol. The number of furan rings is 1. The number of fused-ring (bicyclic) bond motifs is 1. The van der Waals surface area contributed by atoms with Gasteiger partial charge in [0, 0.05) is 30.4 Å². The highest BCUT2D eigenvalue weighted by Crippen LogP contribution is 2.33. The van der Waals surface area contributed by atoms with Crippen molar-refractivity contribution in [2.75, 3.05) is 20.3 Å². The maximum Gasteiger partial charge on any atom is 0.287 e. The van der Waals surface area contributed by atoms with Crippen LogP contribution in [-0.4, -0.2) is 26.2 Å². The van der Waals surface area contributed by atoms with Gasteiger partial charge in [-0.25, -0.2) is 0 Å². The van der Waals surface area contributed by atoms with Crippen LogP contribution in [0, 0.1) is 0 Å². The fourth-order valence-electron chi connectivity index (χ4n) is 3.17. The molecule has 2 heterocycles. The van der Waals surface area contributed by atoms with Gasteiger partial charge in [0.05, 0.1) is 10.8 Å². The van der Waals surface area contributed by atoms with Crippen LogP contribution in [0.1, 0.15) is 21.7 Å². The van der Waals surface area contributed by atoms with E-state index >= 15 is 0 Å². The zero-order valence-corrected chi connectivity index (χ0v) is 18.8. The summed E-state index contributed by atoms with van der Waals surface area (Å²) in [6.45, 7) is 1.39. The number of amides is 1. The minimum absolute atomic E-state index is 0.219. The molecule has 7 heteroatoms. The van der Waals surface area contributed by atoms with Crippen LogP contribution in [0.25, 0.3) is 11.0 Å². The molecule has 2 aromatic carbocycles. The average molecular weight is 454 g/mol. The second kappa shape index (κ2) is 10.5. The molecule has 1 N–H and O–H groups in total. The second-order valence-electron chi connectivity index (χ2n) is 6.80. The van der Waals surface area contributed by atoms with Crippen LogP contribution in [0.2, 0.25) is 0 Å². The van der Waals surface area contributed by atoms with E-state index in [1.807, 2.05) is 54.6 Å². The number of hydrogen-bond acceptors (Lipinski definition) is 6. The highest BCUT2D eigenvalue weighted by molar-refractivity contribution is 8.00. The molecule has 0 atom stereocenters. The summed E-state index contributed by atoms with van der Waals surface area (Å²) in [5.41, 5.74) is 2.60. The zero-order chi connectivity index (χ0) is 21.5. The van der Waals surface area contributed by atoms with Crippen LogP contribution in [0.5, 0.6) is 5.75 Å². The van der Waals surface area contributed by atoms with Gasteiger partial charge < -0.3 is 19.2 Å². The first-order valence-electron chi connectivity index (χ1n) is 9.90. The maximum absolute atomic E-state index is 13.0. The van der Waals surface area contributed by atoms with E-state index in [1.54, 1.807) is 30.2 Å². The first-order chi connectivity index (χ1) is 15.2. The lowest BCUT2D eigenvalue weighted by atomic mass is 10.1. The minimum Gasteiger partial charge on any atom is -0.491 e. The van der Waals surface area contributed by atoms with Gasteiger partial charge in [-0.2, -0.15) is 0 Å². The molecule has 0 spiro atoms. The summed E-state index contributed by atoms with van der Waals surface area (Å²) in [6, 6.07) is 19.6. The van der Waals surface area contributed by atoms with Crippen molar-refractivity contribution in [3.05, 3.63) is 82.9 Å². The standard InChI is InChI=1S/C24H23NO4S2/c1-27-11-12-28-18-7-4-6-17(14-18)15-25-24(26)23-20(16-31-22-10-5-13-30-22)19-8-2-3-9-21(19)29-23/h2-10,13-14H,11-12,15-16H2,1H3,(H,25,26). The Labute approximate surface area is 189 Å². The summed E-state index contributed by atoms with van der Waals surface area (Å²) in [6.07, 6.45) is 0. The Hall–Kier alpha value is -2.74. The first kappa shape index (κ1) is 21.5. The van der Waals surface area contributed by atoms with Crippen molar-refractivity contribution in [3.8, 4) is 5.75 Å². The van der Waals surface area contributed by atoms with Gasteiger partial charge in [-0.05, 0) is 35.2 Å². The molecule has 31 heavy (non-hydrogen) atoms. The molecule has 0 unspecified atom stereocenters. The van der Waals surface area contributed by atoms with Crippen molar-refractivity contribution in [1.82, 2.24) is 5.32 Å². The molecule has 0 aliphatic heterocycles. The summed E-state index contributed by atoms with van der Waals surface area (Å²) >= 11 is 3.40. The van der Waals surface area contributed by atoms with E-state index in [0.717, 1.165) is 27.8 Å². The molecule has 5 nitrogen and oxygen atoms in total. The topological polar surface area (TPSA) is 60.7 Å². The molecule has 0 bridgehead atoms. The van der Waals surface area contributed by atoms with Gasteiger partial charge in [0.15, 0.2) is 5.76 Å². The van der Waals surface area contributed by atoms with Crippen LogP contribution < -0.4 is 10.1 Å². The molecule has 0 saturated heterocycles. The van der Waals surface area contributed by atoms with Crippen molar-refractivity contribution >= 4 is 40.0 Å². The minimum atomic E-state index is -0.219. The number of para-hydroxylation sites is 1. The van der Waals surface area contributed by atoms with Crippen molar-refractivity contribution in [2.24, 2.45) is 0 Å². The summed E-state index contributed by atoms with van der Waals surface area (Å²) in [5, 5.41) is 6.01. The fourth-order valence-corrected chi connectivity index (χ4v) is 4.98. The normalized spacial score (nSPS) is 11.0. The van der Waals surface area contributed by atoms with E-state index in [2.05, 4.69) is 16.8 Å². The molecular weight excluding hydrogens is 430 g/mol. The number of thiophene rings is 1. The Bertz CT molecular complexity index is 1140. The largest absolute Gasteiger partial charge is 0.491 e. The van der Waals surface area contributed by atoms with E-state index in [-0.39, 0.29) is 5.91 Å². The predicted octanol–water partition coefficient (Wildman–Crippen LogP) is 5.74. The monoisotopic (exact) mass is 453 g/mol. The van der Waals surface area contributed by atoms with Gasteiger partial charge in [0.25, 0.3) is 5.91 Å². The molecule has 4 aromatic rings. The van der Waals surface area contributed by atoms with Crippen molar-refractivity contribution in [2.45, 2.75) is 16.5 Å². The van der Waals surface area contributed by atoms with Crippen LogP contribution in [0.3, 0.4) is 0 Å². The molecular formula is C24H23NO4S2. The lowest BCUT2D eigenvalue weighted by molar-refractivity contribution is 0.0924. The van der Waals surface area contributed by atoms with Gasteiger partial charge in [0.2, 0.25) is 0 Å². The second-order valence-corrected chi connectivity index (χ2v) is 9.02. The number of methoxy groups -OCH3 is 1. The van der Waals surface area contributed by atoms with Gasteiger partial charge in [0.1, 0.15) is 17.9 Å². The van der Waals surface area contributed by atoms with E-state index in [1.165, 1.54) is 4.21 Å². The highest BCUT2D eigenvalue weighted by atomic mass is 32.2. The van der Waals surface area contributed by atoms with E-state index < -0.39 is 0 Å². The van der Waals surface area contributed by atoms with E-state index in [4.69, 9.17) is 13.9 Å². The molecule has 160 valence electrons. The molecule has 0 radical (unpaired) electrons. The van der Waals surface area contributed by atoms with Gasteiger partial charge >= 0.3 is 0 Å². The van der Waals surface area contributed by atoms with Crippen molar-refractivity contribution in [1.29, 1.82) is 0 Å². The zero-order valence-electron chi connectivity index (χ0n) is 17.1. The van der Waals surface area contributed by atoms with Crippen molar-refractivity contribution < 1.29 is 18.7 Å². The number of benzene rings is 2. The summed E-state index contributed by atoms with van der Waals surface area (Å²) in [4.78, 5) is 13.0. The molecule has 1 amide bonds. The van der Waals surface area contributed by atoms with Crippen LogP contribution in [-0.2, 0) is 17.0 Å². The van der Waals surface area contributed by atoms with Crippen LogP contribution >= 0.6 is 23.1 Å². The third kappa shape index (κ3) is 5.50. The van der Waals surface area contributed by atoms with E-state index in [0.29, 0.717) is 31.3 Å². The van der Waals surface area contributed by atoms with Crippen molar-refractivity contribution in [3.63, 3.8) is 0 Å². The Kier molecular flexibility index (Phi) is 7.30. The molecule has 0 saturated carbocycles. The van der Waals surface area contributed by atoms with Gasteiger partial charge in [-0.15, -0.1) is 23.1 Å². The Balaban J connectivity index is 1.47. The number of nitrogens with one attached hydrogen (secondary N) is 1. The van der Waals surface area contributed by atoms with Gasteiger partial charge in [-0.3, -0.25) is 4.79 Å². The third-order valence-electron chi connectivity index (χ3n) is 4.67. The number of rotatable bonds is 10. The number of thioether (sulfide) groups is 1.